The molecule has 184 valence electrons. The van der Waals surface area contributed by atoms with Crippen molar-refractivity contribution in [2.75, 3.05) is 38.0 Å². The average molecular weight is 499 g/mol. The van der Waals surface area contributed by atoms with Gasteiger partial charge in [0.15, 0.2) is 0 Å². The minimum absolute atomic E-state index is 0.0213. The van der Waals surface area contributed by atoms with Crippen LogP contribution in [-0.4, -0.2) is 58.9 Å². The summed E-state index contributed by atoms with van der Waals surface area (Å²) in [7, 11) is 0.418. The lowest BCUT2D eigenvalue weighted by Gasteiger charge is -2.09. The first-order valence-electron chi connectivity index (χ1n) is 10.8. The number of nitrogens with one attached hydrogen (secondary N) is 1. The number of nitrogens with zero attached hydrogens (tertiary/aromatic N) is 1. The van der Waals surface area contributed by atoms with Crippen LogP contribution in [0.25, 0.3) is 0 Å². The molecule has 0 radical (unpaired) electrons. The third kappa shape index (κ3) is 8.29. The van der Waals surface area contributed by atoms with E-state index in [1.165, 1.54) is 18.3 Å². The second-order valence-electron chi connectivity index (χ2n) is 7.31. The second kappa shape index (κ2) is 13.3. The fraction of sp³-hybridized carbons (Fsp3) is 0.240. The van der Waals surface area contributed by atoms with Gasteiger partial charge < -0.3 is 24.6 Å². The van der Waals surface area contributed by atoms with Crippen molar-refractivity contribution >= 4 is 28.4 Å². The summed E-state index contributed by atoms with van der Waals surface area (Å²) in [4.78, 5) is 28.5. The van der Waals surface area contributed by atoms with E-state index < -0.39 is 16.8 Å². The number of ether oxygens (including phenoxy) is 3. The topological polar surface area (TPSA) is 124 Å². The quantitative estimate of drug-likeness (QED) is 0.343. The Hall–Kier alpha value is -3.60. The molecule has 1 unspecified atom stereocenters. The van der Waals surface area contributed by atoms with Crippen molar-refractivity contribution in [1.29, 1.82) is 0 Å². The van der Waals surface area contributed by atoms with Gasteiger partial charge in [-0.3, -0.25) is 9.00 Å². The lowest BCUT2D eigenvalue weighted by atomic mass is 10.1. The number of para-hydroxylation sites is 1. The summed E-state index contributed by atoms with van der Waals surface area (Å²) in [5.41, 5.74) is 0.898. The van der Waals surface area contributed by atoms with Crippen molar-refractivity contribution < 1.29 is 33.1 Å². The molecule has 2 aromatic carbocycles. The smallest absolute Gasteiger partial charge is 0.337 e. The van der Waals surface area contributed by atoms with E-state index in [0.29, 0.717) is 47.7 Å². The number of rotatable bonds is 13. The second-order valence-corrected chi connectivity index (χ2v) is 8.88. The maximum atomic E-state index is 12.3. The third-order valence-electron chi connectivity index (χ3n) is 4.75. The summed E-state index contributed by atoms with van der Waals surface area (Å²) in [6.07, 6.45) is 1.54. The van der Waals surface area contributed by atoms with Gasteiger partial charge in [-0.05, 0) is 42.0 Å². The lowest BCUT2D eigenvalue weighted by Crippen LogP contribution is -2.16. The van der Waals surface area contributed by atoms with E-state index in [0.717, 1.165) is 0 Å². The summed E-state index contributed by atoms with van der Waals surface area (Å²) in [6, 6.07) is 16.4. The van der Waals surface area contributed by atoms with E-state index in [1.54, 1.807) is 55.6 Å². The summed E-state index contributed by atoms with van der Waals surface area (Å²) in [6.45, 7) is 1.35. The van der Waals surface area contributed by atoms with E-state index >= 15 is 0 Å². The Morgan fingerprint density at radius 3 is 2.46 bits per heavy atom. The van der Waals surface area contributed by atoms with Gasteiger partial charge in [0.25, 0.3) is 0 Å². The molecule has 3 aromatic rings. The Morgan fingerprint density at radius 2 is 1.77 bits per heavy atom. The molecule has 0 aliphatic heterocycles. The average Bonchev–Trinajstić information content (AvgIpc) is 2.85. The predicted octanol–water partition coefficient (Wildman–Crippen LogP) is 3.52. The number of anilines is 1. The first kappa shape index (κ1) is 26.0. The van der Waals surface area contributed by atoms with Gasteiger partial charge in [-0.15, -0.1) is 0 Å². The maximum absolute atomic E-state index is 12.3. The summed E-state index contributed by atoms with van der Waals surface area (Å²) in [5.74, 6) is -0.212. The molecular formula is C25H26N2O7S. The Balaban J connectivity index is 1.50. The molecule has 1 aromatic heterocycles. The highest BCUT2D eigenvalue weighted by Gasteiger charge is 2.12. The van der Waals surface area contributed by atoms with Crippen molar-refractivity contribution in [3.63, 3.8) is 0 Å². The minimum atomic E-state index is -1.18. The van der Waals surface area contributed by atoms with Crippen LogP contribution in [0.4, 0.5) is 5.69 Å². The zero-order valence-electron chi connectivity index (χ0n) is 19.1. The highest BCUT2D eigenvalue weighted by molar-refractivity contribution is 7.85. The molecule has 1 atom stereocenters. The minimum Gasteiger partial charge on any atom is -0.478 e. The van der Waals surface area contributed by atoms with Crippen LogP contribution < -0.4 is 10.1 Å². The zero-order valence-corrected chi connectivity index (χ0v) is 20.0. The predicted molar refractivity (Wildman–Crippen MR) is 130 cm³/mol. The van der Waals surface area contributed by atoms with E-state index in [1.807, 2.05) is 0 Å². The molecule has 10 heteroatoms. The molecular weight excluding hydrogens is 472 g/mol. The van der Waals surface area contributed by atoms with Crippen molar-refractivity contribution in [3.8, 4) is 11.6 Å². The van der Waals surface area contributed by atoms with Gasteiger partial charge in [0.05, 0.1) is 54.0 Å². The fourth-order valence-electron chi connectivity index (χ4n) is 3.01. The fourth-order valence-corrected chi connectivity index (χ4v) is 3.96. The van der Waals surface area contributed by atoms with Gasteiger partial charge in [0, 0.05) is 24.3 Å². The van der Waals surface area contributed by atoms with Gasteiger partial charge in [0.2, 0.25) is 11.8 Å². The van der Waals surface area contributed by atoms with E-state index in [-0.39, 0.29) is 23.6 Å². The normalized spacial score (nSPS) is 11.6. The molecule has 0 aliphatic carbocycles. The van der Waals surface area contributed by atoms with Gasteiger partial charge in [-0.1, -0.05) is 18.2 Å². The van der Waals surface area contributed by atoms with Crippen LogP contribution >= 0.6 is 0 Å². The Labute approximate surface area is 205 Å². The highest BCUT2D eigenvalue weighted by Crippen LogP contribution is 2.21. The van der Waals surface area contributed by atoms with E-state index in [4.69, 9.17) is 14.2 Å². The Morgan fingerprint density at radius 1 is 1.00 bits per heavy atom. The van der Waals surface area contributed by atoms with E-state index in [9.17, 15) is 18.9 Å². The summed E-state index contributed by atoms with van der Waals surface area (Å²) >= 11 is 0. The Bertz CT molecular complexity index is 1150. The SMILES string of the molecule is COCCOCCS(=O)c1ccc(Oc2ccc(CC(=O)Nc3ccccc3C(=O)O)cn2)cc1. The number of benzene rings is 2. The standard InChI is InChI=1S/C25H26N2O7S/c1-32-12-13-33-14-15-35(31)20-9-7-19(8-10-20)34-24-11-6-18(17-26-24)16-23(28)27-22-5-3-2-4-21(22)25(29)30/h2-11,17H,12-16H2,1H3,(H,27,28)(H,29,30). The number of aromatic carboxylic acids is 1. The summed E-state index contributed by atoms with van der Waals surface area (Å²) < 4.78 is 28.3. The first-order chi connectivity index (χ1) is 17.0. The molecule has 2 N–H and O–H groups in total. The van der Waals surface area contributed by atoms with Crippen molar-refractivity contribution in [2.24, 2.45) is 0 Å². The third-order valence-corrected chi connectivity index (χ3v) is 6.08. The van der Waals surface area contributed by atoms with Gasteiger partial charge >= 0.3 is 5.97 Å². The summed E-state index contributed by atoms with van der Waals surface area (Å²) in [5, 5.41) is 11.8. The number of carboxylic acids is 1. The molecule has 0 saturated heterocycles. The molecule has 0 spiro atoms. The largest absolute Gasteiger partial charge is 0.478 e. The molecule has 1 heterocycles. The van der Waals surface area contributed by atoms with Crippen LogP contribution in [0.5, 0.6) is 11.6 Å². The molecule has 0 bridgehead atoms. The highest BCUT2D eigenvalue weighted by atomic mass is 32.2. The molecule has 1 amide bonds. The molecule has 9 nitrogen and oxygen atoms in total. The van der Waals surface area contributed by atoms with Crippen LogP contribution in [0.2, 0.25) is 0 Å². The number of carbonyl (C=O) groups is 2. The number of carboxylic acid groups (broad SMARTS) is 1. The monoisotopic (exact) mass is 498 g/mol. The van der Waals surface area contributed by atoms with Crippen molar-refractivity contribution in [3.05, 3.63) is 78.0 Å². The maximum Gasteiger partial charge on any atom is 0.337 e. The number of hydrogen-bond donors (Lipinski definition) is 2. The van der Waals surface area contributed by atoms with Crippen LogP contribution in [0.3, 0.4) is 0 Å². The number of pyridine rings is 1. The van der Waals surface area contributed by atoms with Crippen LogP contribution in [0.15, 0.2) is 71.8 Å². The van der Waals surface area contributed by atoms with Crippen molar-refractivity contribution in [1.82, 2.24) is 4.98 Å². The number of amides is 1. The van der Waals surface area contributed by atoms with Crippen molar-refractivity contribution in [2.45, 2.75) is 11.3 Å². The van der Waals surface area contributed by atoms with Gasteiger partial charge in [0.1, 0.15) is 5.75 Å². The van der Waals surface area contributed by atoms with Crippen LogP contribution in [0, 0.1) is 0 Å². The lowest BCUT2D eigenvalue weighted by molar-refractivity contribution is -0.115. The van der Waals surface area contributed by atoms with Gasteiger partial charge in [-0.2, -0.15) is 0 Å². The molecule has 0 aliphatic rings. The number of methoxy groups -OCH3 is 1. The number of carbonyl (C=O) groups excluding carboxylic acids is 1. The molecule has 0 saturated carbocycles. The molecule has 35 heavy (non-hydrogen) atoms. The zero-order chi connectivity index (χ0) is 25.0. The first-order valence-corrected chi connectivity index (χ1v) is 12.1. The van der Waals surface area contributed by atoms with E-state index in [2.05, 4.69) is 10.3 Å². The van der Waals surface area contributed by atoms with Crippen LogP contribution in [-0.2, 0) is 31.5 Å². The van der Waals surface area contributed by atoms with Crippen LogP contribution in [0.1, 0.15) is 15.9 Å². The number of aromatic nitrogens is 1. The number of hydrogen-bond acceptors (Lipinski definition) is 7. The molecule has 3 rings (SSSR count). The molecule has 0 fully saturated rings. The van der Waals surface area contributed by atoms with Gasteiger partial charge in [-0.25, -0.2) is 9.78 Å². The Kier molecular flexibility index (Phi) is 9.91.